The zero-order chi connectivity index (χ0) is 12.7. The number of nitrogens with one attached hydrogen (secondary N) is 1. The molecule has 0 atom stereocenters. The maximum atomic E-state index is 11.3. The average Bonchev–Trinajstić information content (AvgIpc) is 2.26. The number of nitrogens with two attached hydrogens (primary N) is 1. The van der Waals surface area contributed by atoms with Crippen LogP contribution in [0.15, 0.2) is 24.3 Å². The van der Waals surface area contributed by atoms with Gasteiger partial charge >= 0.3 is 0 Å². The number of hydrogen-bond acceptors (Lipinski definition) is 3. The van der Waals surface area contributed by atoms with E-state index in [1.54, 1.807) is 24.3 Å². The van der Waals surface area contributed by atoms with Crippen molar-refractivity contribution in [3.63, 3.8) is 0 Å². The monoisotopic (exact) mass is 272 g/mol. The number of amides is 1. The van der Waals surface area contributed by atoms with E-state index < -0.39 is 0 Å². The van der Waals surface area contributed by atoms with Crippen LogP contribution >= 0.6 is 23.8 Å². The van der Waals surface area contributed by atoms with Gasteiger partial charge in [0.15, 0.2) is 0 Å². The van der Waals surface area contributed by atoms with Gasteiger partial charge in [0.05, 0.1) is 24.6 Å². The van der Waals surface area contributed by atoms with Gasteiger partial charge in [0.25, 0.3) is 0 Å². The van der Waals surface area contributed by atoms with E-state index in [9.17, 15) is 4.79 Å². The highest BCUT2D eigenvalue weighted by Gasteiger charge is 2.02. The number of halogens is 1. The lowest BCUT2D eigenvalue weighted by molar-refractivity contribution is -0.121. The largest absolute Gasteiger partial charge is 0.493 e. The molecule has 0 saturated heterocycles. The first-order valence-corrected chi connectivity index (χ1v) is 5.80. The minimum absolute atomic E-state index is 0.153. The first-order valence-electron chi connectivity index (χ1n) is 5.01. The maximum absolute atomic E-state index is 11.3. The van der Waals surface area contributed by atoms with Crippen LogP contribution in [0.3, 0.4) is 0 Å². The molecule has 0 fully saturated rings. The standard InChI is InChI=1S/C11H13ClN2O2S/c12-8-2-1-3-9(6-8)16-5-4-11(15)14-7-10(13)17/h1-3,6H,4-5,7H2,(H2,13,17)(H,14,15). The second kappa shape index (κ2) is 7.09. The number of ether oxygens (including phenoxy) is 1. The number of carbonyl (C=O) groups excluding carboxylic acids is 1. The molecule has 0 aliphatic heterocycles. The van der Waals surface area contributed by atoms with E-state index in [0.29, 0.717) is 10.8 Å². The molecule has 0 aliphatic carbocycles. The zero-order valence-electron chi connectivity index (χ0n) is 9.11. The molecule has 1 aromatic rings. The molecule has 1 aromatic carbocycles. The SMILES string of the molecule is NC(=S)CNC(=O)CCOc1cccc(Cl)c1. The fraction of sp³-hybridized carbons (Fsp3) is 0.273. The van der Waals surface area contributed by atoms with Crippen molar-refractivity contribution >= 4 is 34.7 Å². The van der Waals surface area contributed by atoms with E-state index in [1.807, 2.05) is 0 Å². The Labute approximate surface area is 110 Å². The summed E-state index contributed by atoms with van der Waals surface area (Å²) >= 11 is 10.4. The molecule has 1 rings (SSSR count). The number of hydrogen-bond donors (Lipinski definition) is 2. The van der Waals surface area contributed by atoms with E-state index in [2.05, 4.69) is 17.5 Å². The minimum atomic E-state index is -0.153. The van der Waals surface area contributed by atoms with Crippen LogP contribution in [0.5, 0.6) is 5.75 Å². The summed E-state index contributed by atoms with van der Waals surface area (Å²) in [6.07, 6.45) is 0.245. The first kappa shape index (κ1) is 13.7. The molecule has 0 aliphatic rings. The molecule has 1 amide bonds. The molecule has 17 heavy (non-hydrogen) atoms. The summed E-state index contributed by atoms with van der Waals surface area (Å²) < 4.78 is 5.35. The average molecular weight is 273 g/mol. The summed E-state index contributed by atoms with van der Waals surface area (Å²) in [5.74, 6) is 0.486. The Morgan fingerprint density at radius 2 is 2.29 bits per heavy atom. The molecule has 0 spiro atoms. The Kier molecular flexibility index (Phi) is 5.72. The fourth-order valence-corrected chi connectivity index (χ4v) is 1.34. The van der Waals surface area contributed by atoms with Crippen LogP contribution in [-0.2, 0) is 4.79 Å². The van der Waals surface area contributed by atoms with Crippen LogP contribution in [0, 0.1) is 0 Å². The lowest BCUT2D eigenvalue weighted by Gasteiger charge is -2.06. The Hall–Kier alpha value is -1.33. The molecule has 0 unspecified atom stereocenters. The van der Waals surface area contributed by atoms with Crippen molar-refractivity contribution in [1.82, 2.24) is 5.32 Å². The van der Waals surface area contributed by atoms with Gasteiger partial charge in [0, 0.05) is 5.02 Å². The maximum Gasteiger partial charge on any atom is 0.223 e. The van der Waals surface area contributed by atoms with Crippen molar-refractivity contribution < 1.29 is 9.53 Å². The van der Waals surface area contributed by atoms with Crippen molar-refractivity contribution in [3.05, 3.63) is 29.3 Å². The van der Waals surface area contributed by atoms with E-state index in [4.69, 9.17) is 22.1 Å². The van der Waals surface area contributed by atoms with Crippen LogP contribution < -0.4 is 15.8 Å². The topological polar surface area (TPSA) is 64.3 Å². The smallest absolute Gasteiger partial charge is 0.223 e. The fourth-order valence-electron chi connectivity index (χ4n) is 1.09. The van der Waals surface area contributed by atoms with Crippen LogP contribution in [0.25, 0.3) is 0 Å². The minimum Gasteiger partial charge on any atom is -0.493 e. The van der Waals surface area contributed by atoms with Gasteiger partial charge in [-0.05, 0) is 18.2 Å². The second-order valence-corrected chi connectivity index (χ2v) is 4.26. The third-order valence-corrected chi connectivity index (χ3v) is 2.23. The number of rotatable bonds is 6. The summed E-state index contributed by atoms with van der Waals surface area (Å²) in [6.45, 7) is 0.495. The van der Waals surface area contributed by atoms with Gasteiger partial charge in [0.2, 0.25) is 5.91 Å². The van der Waals surface area contributed by atoms with Crippen molar-refractivity contribution in [2.24, 2.45) is 5.73 Å². The molecule has 3 N–H and O–H groups in total. The van der Waals surface area contributed by atoms with Crippen molar-refractivity contribution in [3.8, 4) is 5.75 Å². The Balaban J connectivity index is 2.23. The zero-order valence-corrected chi connectivity index (χ0v) is 10.7. The number of carbonyl (C=O) groups is 1. The molecule has 0 aromatic heterocycles. The van der Waals surface area contributed by atoms with Gasteiger partial charge in [-0.15, -0.1) is 0 Å². The molecule has 0 bridgehead atoms. The van der Waals surface area contributed by atoms with Gasteiger partial charge in [-0.1, -0.05) is 29.9 Å². The highest BCUT2D eigenvalue weighted by molar-refractivity contribution is 7.80. The molecule has 0 radical (unpaired) electrons. The summed E-state index contributed by atoms with van der Waals surface area (Å²) in [4.78, 5) is 11.5. The Morgan fingerprint density at radius 3 is 2.94 bits per heavy atom. The van der Waals surface area contributed by atoms with E-state index >= 15 is 0 Å². The molecular weight excluding hydrogens is 260 g/mol. The highest BCUT2D eigenvalue weighted by Crippen LogP contribution is 2.16. The van der Waals surface area contributed by atoms with Crippen LogP contribution in [0.1, 0.15) is 6.42 Å². The van der Waals surface area contributed by atoms with Crippen LogP contribution in [-0.4, -0.2) is 24.0 Å². The predicted molar refractivity (Wildman–Crippen MR) is 71.4 cm³/mol. The molecule has 92 valence electrons. The molecule has 4 nitrogen and oxygen atoms in total. The highest BCUT2D eigenvalue weighted by atomic mass is 35.5. The lowest BCUT2D eigenvalue weighted by Crippen LogP contribution is -2.32. The van der Waals surface area contributed by atoms with Crippen molar-refractivity contribution in [1.29, 1.82) is 0 Å². The predicted octanol–water partition coefficient (Wildman–Crippen LogP) is 1.51. The molecular formula is C11H13ClN2O2S. The number of benzene rings is 1. The van der Waals surface area contributed by atoms with Crippen LogP contribution in [0.2, 0.25) is 5.02 Å². The van der Waals surface area contributed by atoms with Gasteiger partial charge in [0.1, 0.15) is 5.75 Å². The lowest BCUT2D eigenvalue weighted by atomic mass is 10.3. The van der Waals surface area contributed by atoms with E-state index in [-0.39, 0.29) is 30.5 Å². The second-order valence-electron chi connectivity index (χ2n) is 3.30. The Bertz CT molecular complexity index is 412. The van der Waals surface area contributed by atoms with Crippen molar-refractivity contribution in [2.75, 3.05) is 13.2 Å². The molecule has 6 heteroatoms. The van der Waals surface area contributed by atoms with Gasteiger partial charge in [-0.3, -0.25) is 4.79 Å². The van der Waals surface area contributed by atoms with Crippen LogP contribution in [0.4, 0.5) is 0 Å². The molecule has 0 heterocycles. The third-order valence-electron chi connectivity index (χ3n) is 1.85. The summed E-state index contributed by atoms with van der Waals surface area (Å²) in [7, 11) is 0. The van der Waals surface area contributed by atoms with Gasteiger partial charge in [-0.2, -0.15) is 0 Å². The van der Waals surface area contributed by atoms with Crippen molar-refractivity contribution in [2.45, 2.75) is 6.42 Å². The molecule has 0 saturated carbocycles. The first-order chi connectivity index (χ1) is 8.08. The number of thiocarbonyl (C=S) groups is 1. The summed E-state index contributed by atoms with van der Waals surface area (Å²) in [5, 5.41) is 3.17. The third kappa shape index (κ3) is 6.09. The van der Waals surface area contributed by atoms with Gasteiger partial charge in [-0.25, -0.2) is 0 Å². The summed E-state index contributed by atoms with van der Waals surface area (Å²) in [5.41, 5.74) is 5.25. The quantitative estimate of drug-likeness (QED) is 0.771. The van der Waals surface area contributed by atoms with E-state index in [0.717, 1.165) is 0 Å². The Morgan fingerprint density at radius 1 is 1.53 bits per heavy atom. The van der Waals surface area contributed by atoms with E-state index in [1.165, 1.54) is 0 Å². The summed E-state index contributed by atoms with van der Waals surface area (Å²) in [6, 6.07) is 7.00. The van der Waals surface area contributed by atoms with Gasteiger partial charge < -0.3 is 15.8 Å². The normalized spacial score (nSPS) is 9.71.